The minimum Gasteiger partial charge on any atom is -0.389 e. The van der Waals surface area contributed by atoms with Gasteiger partial charge >= 0.3 is 6.03 Å². The Balaban J connectivity index is 1.59. The Morgan fingerprint density at radius 2 is 2.10 bits per heavy atom. The third-order valence-electron chi connectivity index (χ3n) is 5.10. The molecule has 0 aliphatic carbocycles. The molecule has 0 bridgehead atoms. The average molecular weight is 402 g/mol. The number of aliphatic hydroxyl groups excluding tert-OH is 1. The molecule has 10 heteroatoms. The molecule has 3 heterocycles. The number of β-amino-alcohol motifs (C(OH)–C–C–N with tert-alkyl or cyclic N) is 1. The Kier molecular flexibility index (Phi) is 4.79. The molecular weight excluding hydrogens is 382 g/mol. The number of benzene rings is 1. The third kappa shape index (κ3) is 3.58. The first-order valence-corrected chi connectivity index (χ1v) is 9.09. The number of aromatic nitrogens is 3. The number of rotatable bonds is 4. The van der Waals surface area contributed by atoms with Crippen LogP contribution in [-0.2, 0) is 0 Å². The Morgan fingerprint density at radius 1 is 1.34 bits per heavy atom. The molecule has 4 rings (SSSR count). The number of hydrogen-bond acceptors (Lipinski definition) is 5. The summed E-state index contributed by atoms with van der Waals surface area (Å²) >= 11 is 0. The standard InChI is InChI=1S/C19H20F2N6O2/c1-11(14-7-12(20)3-4-15(14)21)25(2)17-5-6-27-18(24-17)16(8-22-27)23-19(29)26-9-13(28)10-26/h3-8,11,13,28H,9-10H2,1-2H3,(H,23,29)/t11-/m1/s1. The van der Waals surface area contributed by atoms with Crippen LogP contribution in [0.1, 0.15) is 18.5 Å². The topological polar surface area (TPSA) is 86.0 Å². The number of carbonyl (C=O) groups excluding carboxylic acids is 1. The molecule has 0 unspecified atom stereocenters. The molecule has 1 saturated heterocycles. The number of nitrogens with one attached hydrogen (secondary N) is 1. The first-order valence-electron chi connectivity index (χ1n) is 9.09. The zero-order valence-electron chi connectivity index (χ0n) is 15.9. The lowest BCUT2D eigenvalue weighted by Crippen LogP contribution is -2.54. The van der Waals surface area contributed by atoms with Crippen LogP contribution in [0, 0.1) is 11.6 Å². The van der Waals surface area contributed by atoms with Gasteiger partial charge in [-0.2, -0.15) is 5.10 Å². The summed E-state index contributed by atoms with van der Waals surface area (Å²) in [6, 6.07) is 4.22. The fraction of sp³-hybridized carbons (Fsp3) is 0.316. The van der Waals surface area contributed by atoms with Crippen molar-refractivity contribution in [2.75, 3.05) is 30.4 Å². The van der Waals surface area contributed by atoms with Crippen molar-refractivity contribution in [3.8, 4) is 0 Å². The highest BCUT2D eigenvalue weighted by Gasteiger charge is 2.29. The number of hydrogen-bond donors (Lipinski definition) is 2. The maximum atomic E-state index is 14.2. The predicted octanol–water partition coefficient (Wildman–Crippen LogP) is 2.41. The average Bonchev–Trinajstić information content (AvgIpc) is 3.08. The van der Waals surface area contributed by atoms with Gasteiger partial charge < -0.3 is 20.2 Å². The van der Waals surface area contributed by atoms with E-state index >= 15 is 0 Å². The lowest BCUT2D eigenvalue weighted by Gasteiger charge is -2.35. The van der Waals surface area contributed by atoms with Crippen molar-refractivity contribution in [3.63, 3.8) is 0 Å². The van der Waals surface area contributed by atoms with Crippen molar-refractivity contribution in [1.82, 2.24) is 19.5 Å². The molecule has 2 N–H and O–H groups in total. The van der Waals surface area contributed by atoms with Crippen LogP contribution in [0.2, 0.25) is 0 Å². The lowest BCUT2D eigenvalue weighted by atomic mass is 10.1. The summed E-state index contributed by atoms with van der Waals surface area (Å²) in [5.74, 6) is -0.508. The maximum Gasteiger partial charge on any atom is 0.322 e. The molecule has 3 aromatic rings. The molecule has 0 radical (unpaired) electrons. The molecule has 1 fully saturated rings. The smallest absolute Gasteiger partial charge is 0.322 e. The van der Waals surface area contributed by atoms with Crippen molar-refractivity contribution in [2.24, 2.45) is 0 Å². The van der Waals surface area contributed by atoms with Crippen molar-refractivity contribution in [2.45, 2.75) is 19.1 Å². The summed E-state index contributed by atoms with van der Waals surface area (Å²) in [5.41, 5.74) is 1.04. The van der Waals surface area contributed by atoms with Gasteiger partial charge in [0.05, 0.1) is 31.4 Å². The summed E-state index contributed by atoms with van der Waals surface area (Å²) in [6.45, 7) is 2.31. The predicted molar refractivity (Wildman–Crippen MR) is 103 cm³/mol. The van der Waals surface area contributed by atoms with Crippen LogP contribution in [-0.4, -0.2) is 56.9 Å². The van der Waals surface area contributed by atoms with E-state index in [4.69, 9.17) is 0 Å². The van der Waals surface area contributed by atoms with Crippen molar-refractivity contribution < 1.29 is 18.7 Å². The molecule has 0 saturated carbocycles. The minimum absolute atomic E-state index is 0.215. The van der Waals surface area contributed by atoms with Gasteiger partial charge in [0.25, 0.3) is 0 Å². The van der Waals surface area contributed by atoms with Crippen molar-refractivity contribution >= 4 is 23.2 Å². The zero-order chi connectivity index (χ0) is 20.7. The van der Waals surface area contributed by atoms with Gasteiger partial charge in [-0.25, -0.2) is 23.1 Å². The normalized spacial score (nSPS) is 15.3. The summed E-state index contributed by atoms with van der Waals surface area (Å²) in [7, 11) is 1.73. The van der Waals surface area contributed by atoms with Crippen LogP contribution in [0.3, 0.4) is 0 Å². The van der Waals surface area contributed by atoms with Crippen LogP contribution >= 0.6 is 0 Å². The van der Waals surface area contributed by atoms with Gasteiger partial charge in [-0.05, 0) is 31.2 Å². The number of likely N-dealkylation sites (tertiary alicyclic amines) is 1. The highest BCUT2D eigenvalue weighted by Crippen LogP contribution is 2.28. The molecule has 152 valence electrons. The van der Waals surface area contributed by atoms with E-state index < -0.39 is 23.8 Å². The number of aliphatic hydroxyl groups is 1. The van der Waals surface area contributed by atoms with E-state index in [-0.39, 0.29) is 24.7 Å². The Morgan fingerprint density at radius 3 is 2.83 bits per heavy atom. The van der Waals surface area contributed by atoms with Gasteiger partial charge in [-0.3, -0.25) is 0 Å². The minimum atomic E-state index is -0.512. The van der Waals surface area contributed by atoms with E-state index in [9.17, 15) is 18.7 Å². The highest BCUT2D eigenvalue weighted by molar-refractivity contribution is 5.93. The largest absolute Gasteiger partial charge is 0.389 e. The van der Waals surface area contributed by atoms with E-state index in [2.05, 4.69) is 15.4 Å². The van der Waals surface area contributed by atoms with E-state index in [0.717, 1.165) is 12.1 Å². The number of nitrogens with zero attached hydrogens (tertiary/aromatic N) is 5. The first kappa shape index (κ1) is 19.1. The van der Waals surface area contributed by atoms with Crippen LogP contribution in [0.15, 0.2) is 36.7 Å². The second-order valence-electron chi connectivity index (χ2n) is 7.05. The molecule has 1 aromatic carbocycles. The molecule has 29 heavy (non-hydrogen) atoms. The van der Waals surface area contributed by atoms with Crippen LogP contribution in [0.5, 0.6) is 0 Å². The van der Waals surface area contributed by atoms with Gasteiger partial charge in [0.1, 0.15) is 23.1 Å². The molecule has 0 spiro atoms. The number of amides is 2. The van der Waals surface area contributed by atoms with E-state index in [1.54, 1.807) is 31.1 Å². The highest BCUT2D eigenvalue weighted by atomic mass is 19.1. The number of urea groups is 1. The summed E-state index contributed by atoms with van der Waals surface area (Å²) in [6.07, 6.45) is 2.66. The van der Waals surface area contributed by atoms with Crippen molar-refractivity contribution in [1.29, 1.82) is 0 Å². The Hall–Kier alpha value is -3.27. The first-order chi connectivity index (χ1) is 13.8. The fourth-order valence-corrected chi connectivity index (χ4v) is 3.20. The van der Waals surface area contributed by atoms with Crippen LogP contribution < -0.4 is 10.2 Å². The number of carbonyl (C=O) groups is 1. The van der Waals surface area contributed by atoms with Gasteiger partial charge in [0.15, 0.2) is 5.65 Å². The molecular formula is C19H20F2N6O2. The van der Waals surface area contributed by atoms with E-state index in [1.807, 2.05) is 0 Å². The molecule has 2 aromatic heterocycles. The van der Waals surface area contributed by atoms with Crippen LogP contribution in [0.4, 0.5) is 25.1 Å². The number of halogens is 2. The lowest BCUT2D eigenvalue weighted by molar-refractivity contribution is 0.0309. The molecule has 1 atom stereocenters. The summed E-state index contributed by atoms with van der Waals surface area (Å²) in [4.78, 5) is 19.9. The van der Waals surface area contributed by atoms with Gasteiger partial charge in [0.2, 0.25) is 0 Å². The SMILES string of the molecule is C[C@H](c1cc(F)ccc1F)N(C)c1ccn2ncc(NC(=O)N3CC(O)C3)c2n1. The van der Waals surface area contributed by atoms with Gasteiger partial charge in [-0.15, -0.1) is 0 Å². The molecule has 1 aliphatic heterocycles. The van der Waals surface area contributed by atoms with E-state index in [1.165, 1.54) is 21.7 Å². The number of anilines is 2. The fourth-order valence-electron chi connectivity index (χ4n) is 3.20. The van der Waals surface area contributed by atoms with E-state index in [0.29, 0.717) is 17.2 Å². The Labute approximate surface area is 165 Å². The second kappa shape index (κ2) is 7.28. The van der Waals surface area contributed by atoms with Gasteiger partial charge in [-0.1, -0.05) is 0 Å². The van der Waals surface area contributed by atoms with Crippen LogP contribution in [0.25, 0.3) is 5.65 Å². The second-order valence-corrected chi connectivity index (χ2v) is 7.05. The zero-order valence-corrected chi connectivity index (χ0v) is 15.9. The summed E-state index contributed by atoms with van der Waals surface area (Å²) in [5, 5.41) is 16.2. The quantitative estimate of drug-likeness (QED) is 0.700. The maximum absolute atomic E-state index is 14.2. The number of fused-ring (bicyclic) bond motifs is 1. The monoisotopic (exact) mass is 402 g/mol. The third-order valence-corrected chi connectivity index (χ3v) is 5.10. The molecule has 2 amide bonds. The Bertz CT molecular complexity index is 1070. The molecule has 1 aliphatic rings. The summed E-state index contributed by atoms with van der Waals surface area (Å²) < 4.78 is 29.2. The van der Waals surface area contributed by atoms with Crippen molar-refractivity contribution in [3.05, 3.63) is 53.9 Å². The van der Waals surface area contributed by atoms with Gasteiger partial charge in [0, 0.05) is 18.8 Å². The molecule has 8 nitrogen and oxygen atoms in total.